The van der Waals surface area contributed by atoms with Gasteiger partial charge in [-0.05, 0) is 72.0 Å². The maximum Gasteiger partial charge on any atom is 0.228 e. The number of carbonyl (C=O) groups excluding carboxylic acids is 1. The molecule has 0 fully saturated rings. The van der Waals surface area contributed by atoms with E-state index in [1.165, 1.54) is 0 Å². The first kappa shape index (κ1) is 20.5. The number of ketones is 1. The number of nitrogens with zero attached hydrogens (tertiary/aromatic N) is 2. The van der Waals surface area contributed by atoms with Gasteiger partial charge in [0.25, 0.3) is 0 Å². The molecule has 160 valence electrons. The fourth-order valence-electron chi connectivity index (χ4n) is 4.63. The van der Waals surface area contributed by atoms with Crippen LogP contribution in [0, 0.1) is 22.7 Å². The molecule has 0 spiro atoms. The molecule has 0 atom stereocenters. The summed E-state index contributed by atoms with van der Waals surface area (Å²) in [6.45, 7) is 2.84. The van der Waals surface area contributed by atoms with Crippen molar-refractivity contribution in [2.24, 2.45) is 0 Å². The smallest absolute Gasteiger partial charge is 0.228 e. The van der Waals surface area contributed by atoms with Gasteiger partial charge >= 0.3 is 0 Å². The van der Waals surface area contributed by atoms with E-state index in [1.54, 1.807) is 24.3 Å². The first-order valence-electron chi connectivity index (χ1n) is 10.4. The second-order valence-electron chi connectivity index (χ2n) is 8.05. The number of carbonyl (C=O) groups is 1. The molecule has 3 aromatic carbocycles. The normalized spacial score (nSPS) is 12.4. The van der Waals surface area contributed by atoms with Crippen LogP contribution in [0.5, 0.6) is 11.5 Å². The molecule has 0 heterocycles. The van der Waals surface area contributed by atoms with Crippen LogP contribution in [0.15, 0.2) is 54.1 Å². The van der Waals surface area contributed by atoms with Gasteiger partial charge in [-0.25, -0.2) is 4.39 Å². The third-order valence-electron chi connectivity index (χ3n) is 5.82. The van der Waals surface area contributed by atoms with E-state index in [0.29, 0.717) is 44.7 Å². The second kappa shape index (κ2) is 7.62. The minimum atomic E-state index is -1.00. The van der Waals surface area contributed by atoms with Crippen molar-refractivity contribution in [1.82, 2.24) is 0 Å². The molecule has 0 bridgehead atoms. The number of halogens is 1. The predicted octanol–water partition coefficient (Wildman–Crippen LogP) is 5.82. The Morgan fingerprint density at radius 1 is 0.848 bits per heavy atom. The quantitative estimate of drug-likeness (QED) is 0.332. The fourth-order valence-corrected chi connectivity index (χ4v) is 4.63. The third-order valence-corrected chi connectivity index (χ3v) is 5.82. The molecule has 2 aliphatic rings. The summed E-state index contributed by atoms with van der Waals surface area (Å²) in [5.74, 6) is 0.753. The van der Waals surface area contributed by atoms with Gasteiger partial charge in [0.1, 0.15) is 29.2 Å². The number of hydrogen-bond acceptors (Lipinski definition) is 5. The number of ether oxygens (including phenoxy) is 2. The highest BCUT2D eigenvalue weighted by atomic mass is 19.1. The Hall–Kier alpha value is -4.42. The van der Waals surface area contributed by atoms with E-state index in [9.17, 15) is 19.7 Å². The molecule has 33 heavy (non-hydrogen) atoms. The summed E-state index contributed by atoms with van der Waals surface area (Å²) in [4.78, 5) is 13.6. The minimum absolute atomic E-state index is 0.0260. The Balaban J connectivity index is 1.77. The molecule has 0 amide bonds. The molecule has 0 radical (unpaired) electrons. The van der Waals surface area contributed by atoms with Gasteiger partial charge in [-0.15, -0.1) is 0 Å². The van der Waals surface area contributed by atoms with Crippen molar-refractivity contribution in [2.45, 2.75) is 20.0 Å². The maximum absolute atomic E-state index is 13.6. The first-order valence-corrected chi connectivity index (χ1v) is 10.4. The van der Waals surface area contributed by atoms with Crippen molar-refractivity contribution < 1.29 is 18.7 Å². The molecular weight excluding hydrogens is 419 g/mol. The lowest BCUT2D eigenvalue weighted by Crippen LogP contribution is -2.06. The standard InChI is InChI=1S/C27H17FN2O3/c1-14(2)33-17-4-5-18-19-7-8-21-24(15(11-29)12-30)22-9-16(32-13-28)3-6-20(22)25(21)26(19)27(31)23(18)10-17/h3-10,14H,13H2,1-2H3. The molecule has 0 unspecified atom stereocenters. The van der Waals surface area contributed by atoms with Crippen molar-refractivity contribution in [2.75, 3.05) is 6.86 Å². The summed E-state index contributed by atoms with van der Waals surface area (Å²) >= 11 is 0. The summed E-state index contributed by atoms with van der Waals surface area (Å²) < 4.78 is 23.6. The highest BCUT2D eigenvalue weighted by Gasteiger charge is 2.37. The summed E-state index contributed by atoms with van der Waals surface area (Å²) in [5, 5.41) is 19.2. The van der Waals surface area contributed by atoms with E-state index in [4.69, 9.17) is 9.47 Å². The Morgan fingerprint density at radius 2 is 1.48 bits per heavy atom. The van der Waals surface area contributed by atoms with Crippen LogP contribution in [-0.2, 0) is 0 Å². The van der Waals surface area contributed by atoms with E-state index >= 15 is 0 Å². The predicted molar refractivity (Wildman–Crippen MR) is 120 cm³/mol. The molecule has 0 saturated carbocycles. The van der Waals surface area contributed by atoms with E-state index < -0.39 is 6.86 Å². The number of fused-ring (bicyclic) bond motifs is 7. The monoisotopic (exact) mass is 436 g/mol. The Morgan fingerprint density at radius 3 is 2.18 bits per heavy atom. The number of hydrogen-bond donors (Lipinski definition) is 0. The zero-order valence-electron chi connectivity index (χ0n) is 17.9. The zero-order valence-corrected chi connectivity index (χ0v) is 17.9. The van der Waals surface area contributed by atoms with Gasteiger partial charge < -0.3 is 9.47 Å². The fraction of sp³-hybridized carbons (Fsp3) is 0.148. The van der Waals surface area contributed by atoms with Crippen molar-refractivity contribution >= 4 is 11.4 Å². The van der Waals surface area contributed by atoms with Gasteiger partial charge in [0.05, 0.1) is 6.10 Å². The first-order chi connectivity index (χ1) is 16.0. The van der Waals surface area contributed by atoms with E-state index in [2.05, 4.69) is 0 Å². The van der Waals surface area contributed by atoms with Crippen LogP contribution < -0.4 is 9.47 Å². The lowest BCUT2D eigenvalue weighted by Gasteiger charge is -2.10. The van der Waals surface area contributed by atoms with E-state index in [-0.39, 0.29) is 23.2 Å². The molecule has 6 heteroatoms. The van der Waals surface area contributed by atoms with Gasteiger partial charge in [0.2, 0.25) is 6.86 Å². The van der Waals surface area contributed by atoms with E-state index in [1.807, 2.05) is 50.3 Å². The van der Waals surface area contributed by atoms with Gasteiger partial charge in [-0.1, -0.05) is 18.2 Å². The SMILES string of the molecule is CC(C)Oc1ccc2c(c1)C(=O)c1c-2ccc2c1-c1ccc(OCF)cc1C2=C(C#N)C#N. The third kappa shape index (κ3) is 3.00. The Labute approximate surface area is 189 Å². The van der Waals surface area contributed by atoms with Gasteiger partial charge in [0.15, 0.2) is 5.78 Å². The topological polar surface area (TPSA) is 83.1 Å². The molecule has 0 aliphatic heterocycles. The lowest BCUT2D eigenvalue weighted by atomic mass is 9.93. The molecule has 3 aromatic rings. The van der Waals surface area contributed by atoms with Crippen LogP contribution in [0.3, 0.4) is 0 Å². The Bertz CT molecular complexity index is 1460. The van der Waals surface area contributed by atoms with Crippen molar-refractivity contribution in [3.05, 3.63) is 76.4 Å². The Kier molecular flexibility index (Phi) is 4.73. The van der Waals surface area contributed by atoms with Crippen LogP contribution in [0.1, 0.15) is 40.9 Å². The molecule has 2 aliphatic carbocycles. The molecule has 0 saturated heterocycles. The highest BCUT2D eigenvalue weighted by Crippen LogP contribution is 2.53. The van der Waals surface area contributed by atoms with Crippen LogP contribution in [-0.4, -0.2) is 18.7 Å². The molecule has 0 N–H and O–H groups in total. The number of allylic oxidation sites excluding steroid dienone is 1. The zero-order chi connectivity index (χ0) is 23.3. The second-order valence-corrected chi connectivity index (χ2v) is 8.05. The largest absolute Gasteiger partial charge is 0.491 e. The van der Waals surface area contributed by atoms with Crippen LogP contribution in [0.4, 0.5) is 4.39 Å². The summed E-state index contributed by atoms with van der Waals surface area (Å²) in [6.07, 6.45) is -0.0260. The van der Waals surface area contributed by atoms with Crippen LogP contribution >= 0.6 is 0 Å². The lowest BCUT2D eigenvalue weighted by molar-refractivity contribution is 0.104. The molecular formula is C27H17FN2O3. The summed E-state index contributed by atoms with van der Waals surface area (Å²) in [6, 6.07) is 18.0. The number of benzene rings is 3. The van der Waals surface area contributed by atoms with Crippen molar-refractivity contribution in [3.8, 4) is 45.9 Å². The van der Waals surface area contributed by atoms with Gasteiger partial charge in [0, 0.05) is 22.3 Å². The highest BCUT2D eigenvalue weighted by molar-refractivity contribution is 6.27. The number of nitriles is 2. The van der Waals surface area contributed by atoms with Crippen LogP contribution in [0.2, 0.25) is 0 Å². The maximum atomic E-state index is 13.6. The van der Waals surface area contributed by atoms with Crippen molar-refractivity contribution in [3.63, 3.8) is 0 Å². The number of rotatable bonds is 4. The van der Waals surface area contributed by atoms with Crippen molar-refractivity contribution in [1.29, 1.82) is 10.5 Å². The number of alkyl halides is 1. The molecule has 0 aromatic heterocycles. The average molecular weight is 436 g/mol. The van der Waals surface area contributed by atoms with Gasteiger partial charge in [-0.3, -0.25) is 4.79 Å². The van der Waals surface area contributed by atoms with E-state index in [0.717, 1.165) is 11.1 Å². The molecule has 5 nitrogen and oxygen atoms in total. The summed E-state index contributed by atoms with van der Waals surface area (Å²) in [5.41, 5.74) is 5.57. The minimum Gasteiger partial charge on any atom is -0.491 e. The summed E-state index contributed by atoms with van der Waals surface area (Å²) in [7, 11) is 0. The molecule has 5 rings (SSSR count). The van der Waals surface area contributed by atoms with Gasteiger partial charge in [-0.2, -0.15) is 10.5 Å². The average Bonchev–Trinajstić information content (AvgIpc) is 3.27. The van der Waals surface area contributed by atoms with Crippen LogP contribution in [0.25, 0.3) is 27.8 Å².